The Hall–Kier alpha value is -2.03. The number of para-hydroxylation sites is 2. The van der Waals surface area contributed by atoms with E-state index in [9.17, 15) is 4.79 Å². The molecule has 0 unspecified atom stereocenters. The van der Waals surface area contributed by atoms with Crippen molar-refractivity contribution in [3.8, 4) is 0 Å². The smallest absolute Gasteiger partial charge is 0.275 e. The lowest BCUT2D eigenvalue weighted by atomic mass is 10.3. The van der Waals surface area contributed by atoms with E-state index in [0.29, 0.717) is 6.54 Å². The van der Waals surface area contributed by atoms with Crippen LogP contribution < -0.4 is 5.56 Å². The molecule has 0 spiro atoms. The van der Waals surface area contributed by atoms with Crippen LogP contribution in [0.15, 0.2) is 47.4 Å². The van der Waals surface area contributed by atoms with E-state index in [1.807, 2.05) is 58.5 Å². The summed E-state index contributed by atoms with van der Waals surface area (Å²) in [6.07, 6.45) is 1.93. The van der Waals surface area contributed by atoms with Crippen molar-refractivity contribution >= 4 is 16.6 Å². The summed E-state index contributed by atoms with van der Waals surface area (Å²) in [4.78, 5) is 12.2. The fourth-order valence-corrected chi connectivity index (χ4v) is 2.22. The molecule has 3 rings (SSSR count). The first-order chi connectivity index (χ1) is 7.83. The quantitative estimate of drug-likeness (QED) is 0.607. The van der Waals surface area contributed by atoms with Crippen LogP contribution in [0.3, 0.4) is 0 Å². The third-order valence-corrected chi connectivity index (χ3v) is 2.96. The van der Waals surface area contributed by atoms with E-state index in [0.717, 1.165) is 16.6 Å². The van der Waals surface area contributed by atoms with Gasteiger partial charge in [-0.25, -0.2) is 0 Å². The molecule has 0 saturated carbocycles. The number of hydrogen-bond donors (Lipinski definition) is 0. The summed E-state index contributed by atoms with van der Waals surface area (Å²) in [5.41, 5.74) is 2.87. The van der Waals surface area contributed by atoms with Crippen molar-refractivity contribution in [1.29, 1.82) is 0 Å². The number of benzene rings is 1. The number of nitrogens with zero attached hydrogens (tertiary/aromatic N) is 2. The van der Waals surface area contributed by atoms with Gasteiger partial charge in [0.2, 0.25) is 0 Å². The maximum absolute atomic E-state index is 12.2. The third kappa shape index (κ3) is 1.05. The molecule has 0 fully saturated rings. The average molecular weight is 212 g/mol. The summed E-state index contributed by atoms with van der Waals surface area (Å²) >= 11 is 0. The van der Waals surface area contributed by atoms with Crippen LogP contribution in [0, 0.1) is 0 Å². The van der Waals surface area contributed by atoms with Gasteiger partial charge in [-0.2, -0.15) is 0 Å². The maximum Gasteiger partial charge on any atom is 0.275 e. The van der Waals surface area contributed by atoms with Crippen LogP contribution in [0.5, 0.6) is 0 Å². The molecule has 0 aliphatic carbocycles. The third-order valence-electron chi connectivity index (χ3n) is 2.96. The predicted molar refractivity (Wildman–Crippen MR) is 64.8 cm³/mol. The Morgan fingerprint density at radius 1 is 1.00 bits per heavy atom. The first-order valence-electron chi connectivity index (χ1n) is 5.41. The number of rotatable bonds is 1. The van der Waals surface area contributed by atoms with E-state index in [4.69, 9.17) is 0 Å². The molecule has 0 atom stereocenters. The zero-order valence-corrected chi connectivity index (χ0v) is 9.05. The van der Waals surface area contributed by atoms with Crippen LogP contribution in [-0.4, -0.2) is 8.97 Å². The highest BCUT2D eigenvalue weighted by Gasteiger charge is 2.07. The van der Waals surface area contributed by atoms with Gasteiger partial charge in [0.25, 0.3) is 5.56 Å². The molecule has 16 heavy (non-hydrogen) atoms. The molecule has 80 valence electrons. The van der Waals surface area contributed by atoms with Gasteiger partial charge >= 0.3 is 0 Å². The molecule has 0 radical (unpaired) electrons. The lowest BCUT2D eigenvalue weighted by Gasteiger charge is -2.09. The van der Waals surface area contributed by atoms with Crippen molar-refractivity contribution < 1.29 is 0 Å². The Morgan fingerprint density at radius 2 is 1.69 bits per heavy atom. The van der Waals surface area contributed by atoms with E-state index in [2.05, 4.69) is 0 Å². The molecule has 3 aromatic rings. The van der Waals surface area contributed by atoms with E-state index >= 15 is 0 Å². The summed E-state index contributed by atoms with van der Waals surface area (Å²) in [6.45, 7) is 2.69. The fraction of sp³-hybridized carbons (Fsp3) is 0.154. The van der Waals surface area contributed by atoms with Crippen LogP contribution in [0.4, 0.5) is 0 Å². The lowest BCUT2D eigenvalue weighted by molar-refractivity contribution is 0.759. The van der Waals surface area contributed by atoms with Gasteiger partial charge in [-0.05, 0) is 31.2 Å². The predicted octanol–water partition coefficient (Wildman–Crippen LogP) is 2.27. The number of fused-ring (bicyclic) bond motifs is 3. The van der Waals surface area contributed by atoms with Gasteiger partial charge in [-0.15, -0.1) is 0 Å². The minimum atomic E-state index is 0.0752. The van der Waals surface area contributed by atoms with Crippen LogP contribution in [0.25, 0.3) is 16.6 Å². The standard InChI is InChI=1S/C13H12N2O/c1-2-14-10-6-3-4-7-11(10)15-9-5-8-12(15)13(14)16/h3-9H,2H2,1H3. The molecule has 3 heteroatoms. The largest absolute Gasteiger partial charge is 0.310 e. The summed E-state index contributed by atoms with van der Waals surface area (Å²) in [7, 11) is 0. The van der Waals surface area contributed by atoms with Gasteiger partial charge in [0, 0.05) is 12.7 Å². The molecule has 2 aromatic heterocycles. The molecular weight excluding hydrogens is 200 g/mol. The lowest BCUT2D eigenvalue weighted by Crippen LogP contribution is -2.21. The molecule has 2 heterocycles. The fourth-order valence-electron chi connectivity index (χ4n) is 2.22. The van der Waals surface area contributed by atoms with Crippen molar-refractivity contribution in [2.45, 2.75) is 13.5 Å². The Morgan fingerprint density at radius 3 is 2.44 bits per heavy atom. The molecule has 0 aliphatic heterocycles. The zero-order valence-electron chi connectivity index (χ0n) is 9.05. The highest BCUT2D eigenvalue weighted by Crippen LogP contribution is 2.14. The van der Waals surface area contributed by atoms with Crippen LogP contribution in [0.2, 0.25) is 0 Å². The summed E-state index contributed by atoms with van der Waals surface area (Å²) < 4.78 is 3.76. The minimum absolute atomic E-state index is 0.0752. The monoisotopic (exact) mass is 212 g/mol. The van der Waals surface area contributed by atoms with Gasteiger partial charge in [-0.1, -0.05) is 12.1 Å². The first kappa shape index (κ1) is 9.21. The topological polar surface area (TPSA) is 26.4 Å². The van der Waals surface area contributed by atoms with E-state index in [1.165, 1.54) is 0 Å². The Balaban J connectivity index is 2.70. The number of aromatic nitrogens is 2. The van der Waals surface area contributed by atoms with Crippen molar-refractivity contribution in [2.75, 3.05) is 0 Å². The summed E-state index contributed by atoms with van der Waals surface area (Å²) in [6, 6.07) is 11.7. The van der Waals surface area contributed by atoms with Gasteiger partial charge in [-0.3, -0.25) is 4.79 Å². The highest BCUT2D eigenvalue weighted by atomic mass is 16.1. The molecule has 0 aliphatic rings. The van der Waals surface area contributed by atoms with Gasteiger partial charge in [0.05, 0.1) is 11.0 Å². The van der Waals surface area contributed by atoms with Crippen molar-refractivity contribution in [1.82, 2.24) is 8.97 Å². The highest BCUT2D eigenvalue weighted by molar-refractivity contribution is 5.78. The average Bonchev–Trinajstić information content (AvgIpc) is 2.79. The number of aryl methyl sites for hydroxylation is 1. The van der Waals surface area contributed by atoms with Crippen molar-refractivity contribution in [2.24, 2.45) is 0 Å². The number of hydrogen-bond acceptors (Lipinski definition) is 1. The van der Waals surface area contributed by atoms with Gasteiger partial charge in [0.15, 0.2) is 0 Å². The molecule has 0 N–H and O–H groups in total. The van der Waals surface area contributed by atoms with Gasteiger partial charge in [0.1, 0.15) is 5.52 Å². The van der Waals surface area contributed by atoms with E-state index in [-0.39, 0.29) is 5.56 Å². The minimum Gasteiger partial charge on any atom is -0.310 e. The maximum atomic E-state index is 12.2. The second kappa shape index (κ2) is 3.23. The molecule has 1 aromatic carbocycles. The molecular formula is C13H12N2O. The second-order valence-corrected chi connectivity index (χ2v) is 3.80. The zero-order chi connectivity index (χ0) is 11.1. The summed E-state index contributed by atoms with van der Waals surface area (Å²) in [5, 5.41) is 0. The van der Waals surface area contributed by atoms with Crippen LogP contribution in [-0.2, 0) is 6.54 Å². The summed E-state index contributed by atoms with van der Waals surface area (Å²) in [5.74, 6) is 0. The molecule has 0 amide bonds. The van der Waals surface area contributed by atoms with Crippen LogP contribution >= 0.6 is 0 Å². The van der Waals surface area contributed by atoms with Gasteiger partial charge < -0.3 is 8.97 Å². The SMILES string of the molecule is CCn1c(=O)c2cccn2c2ccccc21. The van der Waals surface area contributed by atoms with Crippen molar-refractivity contribution in [3.05, 3.63) is 52.9 Å². The van der Waals surface area contributed by atoms with Crippen molar-refractivity contribution in [3.63, 3.8) is 0 Å². The molecule has 0 bridgehead atoms. The Labute approximate surface area is 92.6 Å². The Kier molecular flexibility index (Phi) is 1.86. The van der Waals surface area contributed by atoms with E-state index < -0.39 is 0 Å². The van der Waals surface area contributed by atoms with Crippen LogP contribution in [0.1, 0.15) is 6.92 Å². The first-order valence-corrected chi connectivity index (χ1v) is 5.41. The van der Waals surface area contributed by atoms with E-state index in [1.54, 1.807) is 0 Å². The molecule has 3 nitrogen and oxygen atoms in total. The molecule has 0 saturated heterocycles. The Bertz CT molecular complexity index is 721. The second-order valence-electron chi connectivity index (χ2n) is 3.80. The normalized spacial score (nSPS) is 11.3.